The molecule has 0 spiro atoms. The zero-order valence-electron chi connectivity index (χ0n) is 14.0. The molecule has 3 amide bonds. The van der Waals surface area contributed by atoms with Gasteiger partial charge in [0.2, 0.25) is 5.01 Å². The zero-order valence-corrected chi connectivity index (χ0v) is 16.3. The number of amides is 3. The molecule has 144 valence electrons. The number of anilines is 2. The van der Waals surface area contributed by atoms with Crippen molar-refractivity contribution in [1.29, 1.82) is 0 Å². The number of carbonyl (C=O) groups is 2. The summed E-state index contributed by atoms with van der Waals surface area (Å²) in [7, 11) is 0. The van der Waals surface area contributed by atoms with Crippen molar-refractivity contribution in [3.8, 4) is 0 Å². The van der Waals surface area contributed by atoms with Crippen LogP contribution < -0.4 is 16.0 Å². The van der Waals surface area contributed by atoms with Gasteiger partial charge in [0.25, 0.3) is 5.91 Å². The molecule has 0 unspecified atom stereocenters. The van der Waals surface area contributed by atoms with E-state index < -0.39 is 17.8 Å². The summed E-state index contributed by atoms with van der Waals surface area (Å²) in [4.78, 5) is 24.1. The first-order valence-electron chi connectivity index (χ1n) is 7.80. The third-order valence-corrected chi connectivity index (χ3v) is 4.83. The highest BCUT2D eigenvalue weighted by Gasteiger charge is 2.14. The number of benzene rings is 2. The van der Waals surface area contributed by atoms with Crippen molar-refractivity contribution < 1.29 is 14.0 Å². The molecular weight excluding hydrogens is 428 g/mol. The lowest BCUT2D eigenvalue weighted by atomic mass is 10.3. The Labute approximate surface area is 172 Å². The summed E-state index contributed by atoms with van der Waals surface area (Å²) in [6.45, 7) is 0.0610. The minimum absolute atomic E-state index is 0.0610. The van der Waals surface area contributed by atoms with Crippen LogP contribution in [0.3, 0.4) is 0 Å². The van der Waals surface area contributed by atoms with E-state index in [0.29, 0.717) is 26.4 Å². The van der Waals surface area contributed by atoms with E-state index >= 15 is 0 Å². The molecule has 0 atom stereocenters. The number of nitrogens with zero attached hydrogens (tertiary/aromatic N) is 2. The van der Waals surface area contributed by atoms with Gasteiger partial charge in [0.15, 0.2) is 0 Å². The highest BCUT2D eigenvalue weighted by atomic mass is 35.5. The van der Waals surface area contributed by atoms with Crippen molar-refractivity contribution in [1.82, 2.24) is 15.5 Å². The molecular formula is C17H12Cl2FN5O2S. The van der Waals surface area contributed by atoms with Crippen LogP contribution in [0.15, 0.2) is 42.5 Å². The summed E-state index contributed by atoms with van der Waals surface area (Å²) < 4.78 is 12.9. The number of carbonyl (C=O) groups excluding carboxylic acids is 2. The number of hydrogen-bond donors (Lipinski definition) is 3. The molecule has 1 heterocycles. The fraction of sp³-hybridized carbons (Fsp3) is 0.0588. The van der Waals surface area contributed by atoms with Crippen molar-refractivity contribution in [2.45, 2.75) is 6.54 Å². The molecule has 0 saturated heterocycles. The van der Waals surface area contributed by atoms with E-state index in [1.807, 2.05) is 0 Å². The maximum atomic E-state index is 12.9. The Kier molecular flexibility index (Phi) is 6.40. The van der Waals surface area contributed by atoms with E-state index in [2.05, 4.69) is 26.1 Å². The standard InChI is InChI=1S/C17H12Cl2FN5O2S/c18-9-1-6-12(19)13(7-9)23-17(27)21-8-14-24-25-16(28-14)15(26)22-11-4-2-10(20)3-5-11/h1-7H,8H2,(H,22,26)(H2,21,23,27). The maximum Gasteiger partial charge on any atom is 0.319 e. The van der Waals surface area contributed by atoms with Crippen LogP contribution in [-0.2, 0) is 6.54 Å². The second-order valence-corrected chi connectivity index (χ2v) is 7.30. The van der Waals surface area contributed by atoms with Gasteiger partial charge in [-0.2, -0.15) is 0 Å². The molecule has 11 heteroatoms. The Bertz CT molecular complexity index is 1010. The fourth-order valence-electron chi connectivity index (χ4n) is 2.05. The number of hydrogen-bond acceptors (Lipinski definition) is 5. The SMILES string of the molecule is O=C(NCc1nnc(C(=O)Nc2ccc(F)cc2)s1)Nc1cc(Cl)ccc1Cl. The average molecular weight is 440 g/mol. The molecule has 0 aliphatic rings. The van der Waals surface area contributed by atoms with Gasteiger partial charge in [0.05, 0.1) is 17.3 Å². The molecule has 28 heavy (non-hydrogen) atoms. The predicted octanol–water partition coefficient (Wildman–Crippen LogP) is 4.56. The van der Waals surface area contributed by atoms with Crippen molar-refractivity contribution in [3.05, 3.63) is 68.3 Å². The minimum atomic E-state index is -0.517. The topological polar surface area (TPSA) is 96.0 Å². The van der Waals surface area contributed by atoms with Crippen LogP contribution in [0.25, 0.3) is 0 Å². The Hall–Kier alpha value is -2.75. The van der Waals surface area contributed by atoms with Crippen LogP contribution in [0.4, 0.5) is 20.6 Å². The van der Waals surface area contributed by atoms with Gasteiger partial charge in [0.1, 0.15) is 10.8 Å². The fourth-order valence-corrected chi connectivity index (χ4v) is 3.06. The van der Waals surface area contributed by atoms with E-state index in [1.165, 1.54) is 30.3 Å². The molecule has 3 rings (SSSR count). The number of urea groups is 1. The van der Waals surface area contributed by atoms with Crippen molar-refractivity contribution in [2.75, 3.05) is 10.6 Å². The maximum absolute atomic E-state index is 12.9. The third kappa shape index (κ3) is 5.38. The third-order valence-electron chi connectivity index (χ3n) is 3.34. The van der Waals surface area contributed by atoms with Crippen LogP contribution in [0.1, 0.15) is 14.8 Å². The average Bonchev–Trinajstić information content (AvgIpc) is 3.14. The van der Waals surface area contributed by atoms with Gasteiger partial charge in [-0.05, 0) is 42.5 Å². The highest BCUT2D eigenvalue weighted by Crippen LogP contribution is 2.25. The van der Waals surface area contributed by atoms with E-state index in [-0.39, 0.29) is 11.6 Å². The first kappa shape index (κ1) is 20.0. The number of halogens is 3. The molecule has 2 aromatic carbocycles. The van der Waals surface area contributed by atoms with E-state index in [0.717, 1.165) is 11.3 Å². The molecule has 0 radical (unpaired) electrons. The van der Waals surface area contributed by atoms with Crippen molar-refractivity contribution in [2.24, 2.45) is 0 Å². The second kappa shape index (κ2) is 8.96. The number of nitrogens with one attached hydrogen (secondary N) is 3. The van der Waals surface area contributed by atoms with Gasteiger partial charge < -0.3 is 16.0 Å². The second-order valence-electron chi connectivity index (χ2n) is 5.39. The quantitative estimate of drug-likeness (QED) is 0.542. The van der Waals surface area contributed by atoms with Crippen molar-refractivity contribution in [3.63, 3.8) is 0 Å². The summed E-state index contributed by atoms with van der Waals surface area (Å²) >= 11 is 12.9. The first-order valence-corrected chi connectivity index (χ1v) is 9.37. The normalized spacial score (nSPS) is 10.4. The summed E-state index contributed by atoms with van der Waals surface area (Å²) in [5.74, 6) is -0.884. The van der Waals surface area contributed by atoms with Gasteiger partial charge in [-0.3, -0.25) is 4.79 Å². The minimum Gasteiger partial charge on any atom is -0.331 e. The first-order chi connectivity index (χ1) is 13.4. The van der Waals surface area contributed by atoms with Gasteiger partial charge in [-0.15, -0.1) is 10.2 Å². The van der Waals surface area contributed by atoms with E-state index in [9.17, 15) is 14.0 Å². The van der Waals surface area contributed by atoms with Crippen LogP contribution in [0.2, 0.25) is 10.0 Å². The molecule has 3 N–H and O–H groups in total. The Balaban J connectivity index is 1.54. The Morgan fingerprint density at radius 2 is 1.79 bits per heavy atom. The molecule has 0 aliphatic heterocycles. The monoisotopic (exact) mass is 439 g/mol. The van der Waals surface area contributed by atoms with Crippen LogP contribution >= 0.6 is 34.5 Å². The zero-order chi connectivity index (χ0) is 20.1. The number of rotatable bonds is 5. The molecule has 7 nitrogen and oxygen atoms in total. The highest BCUT2D eigenvalue weighted by molar-refractivity contribution is 7.13. The van der Waals surface area contributed by atoms with E-state index in [4.69, 9.17) is 23.2 Å². The smallest absolute Gasteiger partial charge is 0.319 e. The van der Waals surface area contributed by atoms with Crippen LogP contribution in [-0.4, -0.2) is 22.1 Å². The summed E-state index contributed by atoms with van der Waals surface area (Å²) in [6, 6.07) is 9.50. The lowest BCUT2D eigenvalue weighted by Gasteiger charge is -2.08. The lowest BCUT2D eigenvalue weighted by molar-refractivity contribution is 0.102. The van der Waals surface area contributed by atoms with Crippen LogP contribution in [0.5, 0.6) is 0 Å². The largest absolute Gasteiger partial charge is 0.331 e. The molecule has 0 fully saturated rings. The van der Waals surface area contributed by atoms with Gasteiger partial charge >= 0.3 is 6.03 Å². The number of aromatic nitrogens is 2. The summed E-state index contributed by atoms with van der Waals surface area (Å²) in [6.07, 6.45) is 0. The Morgan fingerprint density at radius 1 is 1.04 bits per heavy atom. The molecule has 0 aliphatic carbocycles. The van der Waals surface area contributed by atoms with Crippen molar-refractivity contribution >= 4 is 57.9 Å². The summed E-state index contributed by atoms with van der Waals surface area (Å²) in [5, 5.41) is 16.7. The van der Waals surface area contributed by atoms with Gasteiger partial charge in [0, 0.05) is 10.7 Å². The Morgan fingerprint density at radius 3 is 2.54 bits per heavy atom. The van der Waals surface area contributed by atoms with Gasteiger partial charge in [-0.25, -0.2) is 9.18 Å². The lowest BCUT2D eigenvalue weighted by Crippen LogP contribution is -2.28. The summed E-state index contributed by atoms with van der Waals surface area (Å²) in [5.41, 5.74) is 0.794. The molecule has 3 aromatic rings. The van der Waals surface area contributed by atoms with Crippen LogP contribution in [0, 0.1) is 5.82 Å². The van der Waals surface area contributed by atoms with Gasteiger partial charge in [-0.1, -0.05) is 34.5 Å². The molecule has 0 bridgehead atoms. The molecule has 0 saturated carbocycles. The van der Waals surface area contributed by atoms with E-state index in [1.54, 1.807) is 12.1 Å². The predicted molar refractivity (Wildman–Crippen MR) is 107 cm³/mol. The molecule has 1 aromatic heterocycles.